The Morgan fingerprint density at radius 3 is 3.00 bits per heavy atom. The van der Waals surface area contributed by atoms with Gasteiger partial charge < -0.3 is 14.8 Å². The van der Waals surface area contributed by atoms with Gasteiger partial charge in [0.25, 0.3) is 5.91 Å². The zero-order chi connectivity index (χ0) is 15.5. The molecule has 1 aromatic carbocycles. The summed E-state index contributed by atoms with van der Waals surface area (Å²) in [6, 6.07) is 5.76. The Kier molecular flexibility index (Phi) is 4.86. The number of carbonyl (C=O) groups is 1. The highest BCUT2D eigenvalue weighted by molar-refractivity contribution is 6.30. The molecule has 2 aliphatic rings. The molecule has 0 saturated carbocycles. The molecule has 3 rings (SSSR count). The number of hydrogen-bond donors (Lipinski definition) is 1. The summed E-state index contributed by atoms with van der Waals surface area (Å²) in [5, 5.41) is 3.66. The van der Waals surface area contributed by atoms with E-state index in [1.54, 1.807) is 6.07 Å². The van der Waals surface area contributed by atoms with E-state index < -0.39 is 6.10 Å². The first-order chi connectivity index (χ1) is 10.6. The topological polar surface area (TPSA) is 50.8 Å². The minimum absolute atomic E-state index is 0.0626. The molecule has 0 aromatic heterocycles. The van der Waals surface area contributed by atoms with E-state index in [9.17, 15) is 4.79 Å². The molecular formula is C16H21ClN2O3. The first-order valence-electron chi connectivity index (χ1n) is 7.68. The van der Waals surface area contributed by atoms with Gasteiger partial charge in [0.05, 0.1) is 13.2 Å². The number of ether oxygens (including phenoxy) is 2. The molecule has 120 valence electrons. The Morgan fingerprint density at radius 1 is 1.45 bits per heavy atom. The number of amides is 1. The molecule has 0 spiro atoms. The molecule has 0 aliphatic carbocycles. The van der Waals surface area contributed by atoms with Crippen molar-refractivity contribution in [1.82, 2.24) is 10.2 Å². The quantitative estimate of drug-likeness (QED) is 0.911. The number of carbonyl (C=O) groups excluding carboxylic acids is 1. The third kappa shape index (κ3) is 3.54. The second-order valence-electron chi connectivity index (χ2n) is 5.81. The minimum Gasteiger partial charge on any atom is -0.480 e. The van der Waals surface area contributed by atoms with Gasteiger partial charge in [0, 0.05) is 37.1 Å². The molecule has 1 N–H and O–H groups in total. The van der Waals surface area contributed by atoms with Crippen molar-refractivity contribution >= 4 is 17.5 Å². The van der Waals surface area contributed by atoms with Gasteiger partial charge in [-0.2, -0.15) is 0 Å². The van der Waals surface area contributed by atoms with Gasteiger partial charge >= 0.3 is 0 Å². The molecule has 5 nitrogen and oxygen atoms in total. The summed E-state index contributed by atoms with van der Waals surface area (Å²) in [6.45, 7) is 6.10. The van der Waals surface area contributed by atoms with E-state index in [2.05, 4.69) is 17.1 Å². The Morgan fingerprint density at radius 2 is 2.23 bits per heavy atom. The van der Waals surface area contributed by atoms with E-state index in [1.807, 2.05) is 12.1 Å². The van der Waals surface area contributed by atoms with Crippen LogP contribution in [0, 0.1) is 0 Å². The van der Waals surface area contributed by atoms with E-state index in [0.29, 0.717) is 24.0 Å². The number of hydrogen-bond acceptors (Lipinski definition) is 4. The van der Waals surface area contributed by atoms with Crippen LogP contribution in [0.4, 0.5) is 0 Å². The monoisotopic (exact) mass is 324 g/mol. The van der Waals surface area contributed by atoms with Gasteiger partial charge in [0.15, 0.2) is 6.10 Å². The molecule has 22 heavy (non-hydrogen) atoms. The first-order valence-corrected chi connectivity index (χ1v) is 8.06. The van der Waals surface area contributed by atoms with Crippen molar-refractivity contribution in [2.45, 2.75) is 25.5 Å². The third-order valence-electron chi connectivity index (χ3n) is 4.23. The molecule has 0 unspecified atom stereocenters. The molecule has 2 atom stereocenters. The van der Waals surface area contributed by atoms with Crippen LogP contribution >= 0.6 is 11.6 Å². The van der Waals surface area contributed by atoms with Gasteiger partial charge in [-0.1, -0.05) is 11.6 Å². The van der Waals surface area contributed by atoms with Crippen LogP contribution in [0.15, 0.2) is 18.2 Å². The number of halogens is 1. The number of morpholine rings is 1. The molecule has 1 aromatic rings. The number of nitrogens with zero attached hydrogens (tertiary/aromatic N) is 1. The second-order valence-corrected chi connectivity index (χ2v) is 6.24. The lowest BCUT2D eigenvalue weighted by Crippen LogP contribution is -2.49. The molecule has 1 saturated heterocycles. The lowest BCUT2D eigenvalue weighted by molar-refractivity contribution is -0.127. The standard InChI is InChI=1S/C16H21ClN2O3/c1-11(19-4-6-21-7-5-19)10-18-16(20)15-9-12-8-13(17)2-3-14(12)22-15/h2-3,8,11,15H,4-7,9-10H2,1H3,(H,18,20)/t11-,15-/m1/s1. The summed E-state index contributed by atoms with van der Waals surface area (Å²) >= 11 is 5.97. The van der Waals surface area contributed by atoms with E-state index in [1.165, 1.54) is 0 Å². The van der Waals surface area contributed by atoms with E-state index in [4.69, 9.17) is 21.1 Å². The lowest BCUT2D eigenvalue weighted by atomic mass is 10.1. The van der Waals surface area contributed by atoms with E-state index in [0.717, 1.165) is 37.6 Å². The maximum atomic E-state index is 12.3. The SMILES string of the molecule is C[C@H](CNC(=O)[C@H]1Cc2cc(Cl)ccc2O1)N1CCOCC1. The Bertz CT molecular complexity index is 546. The highest BCUT2D eigenvalue weighted by Crippen LogP contribution is 2.31. The second kappa shape index (κ2) is 6.86. The third-order valence-corrected chi connectivity index (χ3v) is 4.47. The van der Waals surface area contributed by atoms with E-state index in [-0.39, 0.29) is 5.91 Å². The van der Waals surface area contributed by atoms with Gasteiger partial charge in [0.1, 0.15) is 5.75 Å². The molecule has 2 aliphatic heterocycles. The van der Waals surface area contributed by atoms with Crippen molar-refractivity contribution in [2.24, 2.45) is 0 Å². The van der Waals surface area contributed by atoms with Crippen LogP contribution in [0.3, 0.4) is 0 Å². The smallest absolute Gasteiger partial charge is 0.261 e. The van der Waals surface area contributed by atoms with Crippen LogP contribution in [-0.2, 0) is 16.0 Å². The van der Waals surface area contributed by atoms with Gasteiger partial charge in [0.2, 0.25) is 0 Å². The lowest BCUT2D eigenvalue weighted by Gasteiger charge is -2.32. The summed E-state index contributed by atoms with van der Waals surface area (Å²) in [5.74, 6) is 0.693. The molecule has 6 heteroatoms. The number of fused-ring (bicyclic) bond motifs is 1. The van der Waals surface area contributed by atoms with Crippen molar-refractivity contribution in [3.8, 4) is 5.75 Å². The highest BCUT2D eigenvalue weighted by Gasteiger charge is 2.29. The molecule has 2 heterocycles. The zero-order valence-electron chi connectivity index (χ0n) is 12.7. The Hall–Kier alpha value is -1.30. The summed E-state index contributed by atoms with van der Waals surface area (Å²) in [6.07, 6.45) is 0.124. The average molecular weight is 325 g/mol. The highest BCUT2D eigenvalue weighted by atomic mass is 35.5. The van der Waals surface area contributed by atoms with Gasteiger partial charge in [-0.25, -0.2) is 0 Å². The minimum atomic E-state index is -0.453. The van der Waals surface area contributed by atoms with Gasteiger partial charge in [-0.3, -0.25) is 9.69 Å². The molecule has 1 amide bonds. The maximum Gasteiger partial charge on any atom is 0.261 e. The van der Waals surface area contributed by atoms with Crippen molar-refractivity contribution in [3.05, 3.63) is 28.8 Å². The van der Waals surface area contributed by atoms with Crippen LogP contribution in [0.25, 0.3) is 0 Å². The predicted octanol–water partition coefficient (Wildman–Crippen LogP) is 1.48. The van der Waals surface area contributed by atoms with Crippen LogP contribution < -0.4 is 10.1 Å². The maximum absolute atomic E-state index is 12.3. The predicted molar refractivity (Wildman–Crippen MR) is 84.4 cm³/mol. The molecule has 0 radical (unpaired) electrons. The normalized spacial score (nSPS) is 22.7. The Balaban J connectivity index is 1.49. The van der Waals surface area contributed by atoms with Crippen LogP contribution in [0.5, 0.6) is 5.75 Å². The average Bonchev–Trinajstić information content (AvgIpc) is 2.96. The van der Waals surface area contributed by atoms with Crippen molar-refractivity contribution < 1.29 is 14.3 Å². The molecular weight excluding hydrogens is 304 g/mol. The Labute approximate surface area is 135 Å². The number of rotatable bonds is 4. The zero-order valence-corrected chi connectivity index (χ0v) is 13.4. The van der Waals surface area contributed by atoms with Gasteiger partial charge in [-0.05, 0) is 30.7 Å². The van der Waals surface area contributed by atoms with Crippen LogP contribution in [0.2, 0.25) is 5.02 Å². The van der Waals surface area contributed by atoms with E-state index >= 15 is 0 Å². The summed E-state index contributed by atoms with van der Waals surface area (Å²) in [7, 11) is 0. The number of benzene rings is 1. The molecule has 0 bridgehead atoms. The fraction of sp³-hybridized carbons (Fsp3) is 0.562. The van der Waals surface area contributed by atoms with Crippen molar-refractivity contribution in [1.29, 1.82) is 0 Å². The fourth-order valence-electron chi connectivity index (χ4n) is 2.87. The van der Waals surface area contributed by atoms with Crippen molar-refractivity contribution in [2.75, 3.05) is 32.8 Å². The molecule has 1 fully saturated rings. The summed E-state index contributed by atoms with van der Waals surface area (Å²) in [4.78, 5) is 14.6. The summed E-state index contributed by atoms with van der Waals surface area (Å²) < 4.78 is 11.0. The van der Waals surface area contributed by atoms with Crippen LogP contribution in [-0.4, -0.2) is 55.8 Å². The van der Waals surface area contributed by atoms with Crippen molar-refractivity contribution in [3.63, 3.8) is 0 Å². The first kappa shape index (κ1) is 15.6. The van der Waals surface area contributed by atoms with Crippen LogP contribution in [0.1, 0.15) is 12.5 Å². The van der Waals surface area contributed by atoms with Gasteiger partial charge in [-0.15, -0.1) is 0 Å². The fourth-order valence-corrected chi connectivity index (χ4v) is 3.07. The number of nitrogens with one attached hydrogen (secondary N) is 1. The summed E-state index contributed by atoms with van der Waals surface area (Å²) in [5.41, 5.74) is 0.994. The largest absolute Gasteiger partial charge is 0.480 e.